The van der Waals surface area contributed by atoms with Crippen molar-refractivity contribution in [2.75, 3.05) is 0 Å². The van der Waals surface area contributed by atoms with E-state index in [2.05, 4.69) is 143 Å². The second-order valence-corrected chi connectivity index (χ2v) is 12.0. The third kappa shape index (κ3) is 5.06. The van der Waals surface area contributed by atoms with Crippen molar-refractivity contribution in [1.82, 2.24) is 9.97 Å². The molecule has 0 unspecified atom stereocenters. The van der Waals surface area contributed by atoms with Crippen LogP contribution in [-0.2, 0) is 0 Å². The molecule has 0 bridgehead atoms. The molecular formula is C44H28N4. The molecule has 0 N–H and O–H groups in total. The van der Waals surface area contributed by atoms with Crippen LogP contribution in [0.3, 0.4) is 0 Å². The van der Waals surface area contributed by atoms with Gasteiger partial charge >= 0.3 is 0 Å². The van der Waals surface area contributed by atoms with Crippen LogP contribution in [0.2, 0.25) is 0 Å². The molecule has 0 atom stereocenters. The molecule has 9 rings (SSSR count). The van der Waals surface area contributed by atoms with Gasteiger partial charge in [-0.2, -0.15) is 0 Å². The van der Waals surface area contributed by atoms with Crippen molar-refractivity contribution in [3.05, 3.63) is 193 Å². The third-order valence-corrected chi connectivity index (χ3v) is 9.05. The fourth-order valence-corrected chi connectivity index (χ4v) is 6.51. The van der Waals surface area contributed by atoms with Gasteiger partial charge in [-0.3, -0.25) is 9.97 Å². The standard InChI is InChI=1S/C44H28N4/c1-3-7-35-25-37(19-13-29(35)5-1)31-9-15-33(16-10-31)43-39-27-45-23-21-41(39)48-44(40-28-46-24-22-42(40)47-43)34-17-11-32(12-18-34)38-20-14-30-6-2-4-8-36(30)26-38/h1-28H/b43-39?,44-40?,47-42?,47-43-,48-41?,48-44-. The van der Waals surface area contributed by atoms with Gasteiger partial charge in [0.15, 0.2) is 0 Å². The Morgan fingerprint density at radius 1 is 0.312 bits per heavy atom. The van der Waals surface area contributed by atoms with Crippen LogP contribution in [0.25, 0.3) is 43.8 Å². The molecule has 2 aromatic heterocycles. The minimum absolute atomic E-state index is 0.811. The van der Waals surface area contributed by atoms with Crippen molar-refractivity contribution < 1.29 is 0 Å². The van der Waals surface area contributed by atoms with E-state index in [1.54, 1.807) is 12.4 Å². The number of aromatic nitrogens is 2. The molecule has 6 aromatic carbocycles. The molecule has 1 aliphatic heterocycles. The van der Waals surface area contributed by atoms with E-state index in [0.717, 1.165) is 56.2 Å². The lowest BCUT2D eigenvalue weighted by Crippen LogP contribution is -2.11. The second kappa shape index (κ2) is 11.7. The summed E-state index contributed by atoms with van der Waals surface area (Å²) in [4.78, 5) is 19.6. The Balaban J connectivity index is 1.11. The lowest BCUT2D eigenvalue weighted by Gasteiger charge is -2.18. The molecule has 0 saturated heterocycles. The van der Waals surface area contributed by atoms with Crippen molar-refractivity contribution in [3.8, 4) is 22.3 Å². The van der Waals surface area contributed by atoms with Gasteiger partial charge in [0.05, 0.1) is 22.8 Å². The van der Waals surface area contributed by atoms with Crippen LogP contribution >= 0.6 is 0 Å². The first-order chi connectivity index (χ1) is 23.8. The molecule has 4 nitrogen and oxygen atoms in total. The smallest absolute Gasteiger partial charge is 0.0819 e. The molecule has 0 amide bonds. The Hall–Kier alpha value is -6.52. The molecule has 0 fully saturated rings. The topological polar surface area (TPSA) is 50.5 Å². The summed E-state index contributed by atoms with van der Waals surface area (Å²) in [7, 11) is 0. The zero-order chi connectivity index (χ0) is 31.9. The summed E-state index contributed by atoms with van der Waals surface area (Å²) in [5.41, 5.74) is 11.7. The first kappa shape index (κ1) is 27.8. The lowest BCUT2D eigenvalue weighted by molar-refractivity contribution is 1.26. The fourth-order valence-electron chi connectivity index (χ4n) is 6.51. The Labute approximate surface area is 278 Å². The fraction of sp³-hybridized carbons (Fsp3) is 0. The number of pyridine rings is 2. The maximum Gasteiger partial charge on any atom is 0.0819 e. The van der Waals surface area contributed by atoms with Gasteiger partial charge in [-0.05, 0) is 68.1 Å². The summed E-state index contributed by atoms with van der Waals surface area (Å²) in [5, 5.41) is 4.93. The lowest BCUT2D eigenvalue weighted by atomic mass is 9.95. The summed E-state index contributed by atoms with van der Waals surface area (Å²) >= 11 is 0. The number of benzene rings is 6. The average Bonchev–Trinajstić information content (AvgIpc) is 3.15. The predicted octanol–water partition coefficient (Wildman–Crippen LogP) is 10.8. The van der Waals surface area contributed by atoms with E-state index in [1.165, 1.54) is 32.7 Å². The molecule has 224 valence electrons. The van der Waals surface area contributed by atoms with E-state index in [9.17, 15) is 0 Å². The van der Waals surface area contributed by atoms with E-state index in [4.69, 9.17) is 9.98 Å². The van der Waals surface area contributed by atoms with Crippen LogP contribution in [0.4, 0.5) is 11.4 Å². The zero-order valence-electron chi connectivity index (χ0n) is 26.0. The van der Waals surface area contributed by atoms with Crippen molar-refractivity contribution in [2.45, 2.75) is 0 Å². The van der Waals surface area contributed by atoms with Crippen molar-refractivity contribution in [3.63, 3.8) is 0 Å². The van der Waals surface area contributed by atoms with Crippen molar-refractivity contribution in [2.24, 2.45) is 9.98 Å². The molecule has 48 heavy (non-hydrogen) atoms. The summed E-state index contributed by atoms with van der Waals surface area (Å²) in [6.07, 6.45) is 7.30. The maximum absolute atomic E-state index is 5.28. The Morgan fingerprint density at radius 2 is 0.688 bits per heavy atom. The molecular weight excluding hydrogens is 585 g/mol. The zero-order valence-corrected chi connectivity index (χ0v) is 26.0. The van der Waals surface area contributed by atoms with Gasteiger partial charge in [0.25, 0.3) is 0 Å². The normalized spacial score (nSPS) is 14.6. The molecule has 8 aromatic rings. The first-order valence-electron chi connectivity index (χ1n) is 16.0. The van der Waals surface area contributed by atoms with Crippen LogP contribution in [0.15, 0.2) is 180 Å². The Bertz CT molecular complexity index is 2360. The summed E-state index contributed by atoms with van der Waals surface area (Å²) in [6, 6.07) is 51.2. The van der Waals surface area contributed by atoms with E-state index >= 15 is 0 Å². The minimum atomic E-state index is 0.811. The van der Waals surface area contributed by atoms with Crippen LogP contribution in [0.5, 0.6) is 0 Å². The molecule has 0 aliphatic carbocycles. The van der Waals surface area contributed by atoms with Crippen molar-refractivity contribution in [1.29, 1.82) is 0 Å². The van der Waals surface area contributed by atoms with Gasteiger partial charge in [0.1, 0.15) is 0 Å². The first-order valence-corrected chi connectivity index (χ1v) is 16.0. The summed E-state index contributed by atoms with van der Waals surface area (Å²) < 4.78 is 0. The highest BCUT2D eigenvalue weighted by Crippen LogP contribution is 2.34. The minimum Gasteiger partial charge on any atom is -0.264 e. The van der Waals surface area contributed by atoms with Gasteiger partial charge in [-0.25, -0.2) is 9.98 Å². The summed E-state index contributed by atoms with van der Waals surface area (Å²) in [6.45, 7) is 0. The van der Waals surface area contributed by atoms with Gasteiger partial charge in [-0.1, -0.05) is 121 Å². The predicted molar refractivity (Wildman–Crippen MR) is 198 cm³/mol. The van der Waals surface area contributed by atoms with Crippen LogP contribution in [0, 0.1) is 0 Å². The van der Waals surface area contributed by atoms with E-state index in [1.807, 2.05) is 24.5 Å². The van der Waals surface area contributed by atoms with Crippen molar-refractivity contribution >= 4 is 44.3 Å². The SMILES string of the molecule is c1ccc2cc(-c3ccc(/C4=N/c5ccncc5/C(c5ccc(-c6ccc7ccccc7c6)cc5)=N\c5ccncc54)cc3)ccc2c1. The Kier molecular flexibility index (Phi) is 6.76. The molecule has 3 heterocycles. The quantitative estimate of drug-likeness (QED) is 0.199. The molecule has 0 saturated carbocycles. The number of hydrogen-bond donors (Lipinski definition) is 0. The van der Waals surface area contributed by atoms with Gasteiger partial charge in [-0.15, -0.1) is 0 Å². The molecule has 1 aliphatic rings. The number of fused-ring (bicyclic) bond motifs is 4. The number of hydrogen-bond acceptors (Lipinski definition) is 4. The van der Waals surface area contributed by atoms with Gasteiger partial charge in [0.2, 0.25) is 0 Å². The maximum atomic E-state index is 5.28. The number of aliphatic imine (C=N–C) groups is 2. The largest absolute Gasteiger partial charge is 0.264 e. The van der Waals surface area contributed by atoms with E-state index in [0.29, 0.717) is 0 Å². The highest BCUT2D eigenvalue weighted by atomic mass is 14.9. The second-order valence-electron chi connectivity index (χ2n) is 12.0. The van der Waals surface area contributed by atoms with Crippen LogP contribution in [-0.4, -0.2) is 21.4 Å². The molecule has 4 heteroatoms. The number of nitrogens with zero attached hydrogens (tertiary/aromatic N) is 4. The average molecular weight is 613 g/mol. The van der Waals surface area contributed by atoms with Crippen LogP contribution in [0.1, 0.15) is 22.3 Å². The Morgan fingerprint density at radius 3 is 1.12 bits per heavy atom. The highest BCUT2D eigenvalue weighted by Gasteiger charge is 2.21. The molecule has 0 spiro atoms. The number of rotatable bonds is 4. The monoisotopic (exact) mass is 612 g/mol. The van der Waals surface area contributed by atoms with Gasteiger partial charge < -0.3 is 0 Å². The van der Waals surface area contributed by atoms with Gasteiger partial charge in [0, 0.05) is 47.0 Å². The van der Waals surface area contributed by atoms with E-state index in [-0.39, 0.29) is 0 Å². The third-order valence-electron chi connectivity index (χ3n) is 9.05. The van der Waals surface area contributed by atoms with Crippen LogP contribution < -0.4 is 0 Å². The highest BCUT2D eigenvalue weighted by molar-refractivity contribution is 6.22. The molecule has 0 radical (unpaired) electrons. The van der Waals surface area contributed by atoms with E-state index < -0.39 is 0 Å². The summed E-state index contributed by atoms with van der Waals surface area (Å²) in [5.74, 6) is 0.